The van der Waals surface area contributed by atoms with Crippen LogP contribution in [0.3, 0.4) is 0 Å². The first-order valence-corrected chi connectivity index (χ1v) is 13.9. The second-order valence-electron chi connectivity index (χ2n) is 10.7. The third kappa shape index (κ3) is 8.25. The molecule has 0 bridgehead atoms. The van der Waals surface area contributed by atoms with Gasteiger partial charge in [0.15, 0.2) is 0 Å². The molecular formula is C36H34CoN6+2. The van der Waals surface area contributed by atoms with Crippen LogP contribution in [0.15, 0.2) is 97.6 Å². The third-order valence-electron chi connectivity index (χ3n) is 6.65. The Labute approximate surface area is 264 Å². The fraction of sp³-hybridized carbons (Fsp3) is 0.167. The van der Waals surface area contributed by atoms with Crippen LogP contribution >= 0.6 is 0 Å². The molecule has 0 aromatic carbocycles. The third-order valence-corrected chi connectivity index (χ3v) is 6.65. The van der Waals surface area contributed by atoms with Gasteiger partial charge in [0.2, 0.25) is 0 Å². The van der Waals surface area contributed by atoms with Crippen molar-refractivity contribution in [1.29, 1.82) is 0 Å². The largest absolute Gasteiger partial charge is 2.00 e. The Balaban J connectivity index is 0.000000192. The van der Waals surface area contributed by atoms with Gasteiger partial charge in [0.05, 0.1) is 45.6 Å². The Hall–Kier alpha value is -4.59. The number of aromatic nitrogens is 6. The van der Waals surface area contributed by atoms with Gasteiger partial charge >= 0.3 is 16.8 Å². The van der Waals surface area contributed by atoms with Crippen molar-refractivity contribution in [2.75, 3.05) is 0 Å². The van der Waals surface area contributed by atoms with E-state index in [1.165, 1.54) is 22.3 Å². The maximum Gasteiger partial charge on any atom is 2.00 e. The van der Waals surface area contributed by atoms with Gasteiger partial charge in [0.25, 0.3) is 0 Å². The van der Waals surface area contributed by atoms with Crippen LogP contribution in [0.1, 0.15) is 33.4 Å². The van der Waals surface area contributed by atoms with Crippen molar-refractivity contribution in [2.24, 2.45) is 0 Å². The molecule has 0 N–H and O–H groups in total. The van der Waals surface area contributed by atoms with Gasteiger partial charge in [-0.2, -0.15) is 0 Å². The molecule has 6 rings (SSSR count). The summed E-state index contributed by atoms with van der Waals surface area (Å²) in [4.78, 5) is 27.1. The predicted octanol–water partition coefficient (Wildman–Crippen LogP) is 8.26. The molecule has 0 aliphatic rings. The summed E-state index contributed by atoms with van der Waals surface area (Å²) < 4.78 is 0. The number of pyridine rings is 6. The molecular weight excluding hydrogens is 575 g/mol. The van der Waals surface area contributed by atoms with Crippen molar-refractivity contribution in [3.05, 3.63) is 131 Å². The van der Waals surface area contributed by atoms with Gasteiger partial charge < -0.3 is 0 Å². The van der Waals surface area contributed by atoms with Crippen LogP contribution in [0.2, 0.25) is 0 Å². The van der Waals surface area contributed by atoms with E-state index in [0.717, 1.165) is 56.7 Å². The monoisotopic (exact) mass is 609 g/mol. The number of nitrogens with zero attached hydrogens (tertiary/aromatic N) is 6. The Morgan fingerprint density at radius 2 is 0.512 bits per heavy atom. The summed E-state index contributed by atoms with van der Waals surface area (Å²) in [5.41, 5.74) is 14.2. The van der Waals surface area contributed by atoms with Crippen LogP contribution in [0, 0.1) is 41.5 Å². The predicted molar refractivity (Wildman–Crippen MR) is 170 cm³/mol. The minimum absolute atomic E-state index is 0. The molecule has 1 radical (unpaired) electrons. The van der Waals surface area contributed by atoms with E-state index in [1.54, 1.807) is 0 Å². The molecule has 43 heavy (non-hydrogen) atoms. The zero-order chi connectivity index (χ0) is 29.6. The zero-order valence-corrected chi connectivity index (χ0v) is 26.3. The molecule has 0 spiro atoms. The summed E-state index contributed by atoms with van der Waals surface area (Å²) in [6.07, 6.45) is 7.27. The normalized spacial score (nSPS) is 10.4. The Kier molecular flexibility index (Phi) is 10.2. The van der Waals surface area contributed by atoms with Crippen molar-refractivity contribution < 1.29 is 16.8 Å². The topological polar surface area (TPSA) is 77.3 Å². The van der Waals surface area contributed by atoms with Crippen LogP contribution in [0.25, 0.3) is 45.6 Å². The van der Waals surface area contributed by atoms with Crippen molar-refractivity contribution in [3.63, 3.8) is 0 Å². The van der Waals surface area contributed by atoms with Gasteiger partial charge in [-0.3, -0.25) is 19.9 Å². The zero-order valence-electron chi connectivity index (χ0n) is 25.3. The van der Waals surface area contributed by atoms with E-state index in [9.17, 15) is 0 Å². The minimum atomic E-state index is 0. The maximum atomic E-state index is 4.73. The number of hydrogen-bond donors (Lipinski definition) is 0. The molecule has 0 saturated carbocycles. The maximum absolute atomic E-state index is 4.73. The second kappa shape index (κ2) is 14.0. The molecule has 7 heteroatoms. The van der Waals surface area contributed by atoms with Crippen LogP contribution in [0.4, 0.5) is 0 Å². The number of aryl methyl sites for hydroxylation is 6. The smallest absolute Gasteiger partial charge is 0.255 e. The first kappa shape index (κ1) is 31.3. The van der Waals surface area contributed by atoms with Gasteiger partial charge in [-0.25, -0.2) is 9.97 Å². The van der Waals surface area contributed by atoms with E-state index < -0.39 is 0 Å². The van der Waals surface area contributed by atoms with E-state index in [-0.39, 0.29) is 16.8 Å². The molecule has 0 fully saturated rings. The minimum Gasteiger partial charge on any atom is -0.255 e. The first-order valence-electron chi connectivity index (χ1n) is 13.9. The molecule has 0 aliphatic heterocycles. The van der Waals surface area contributed by atoms with E-state index in [2.05, 4.69) is 110 Å². The Morgan fingerprint density at radius 3 is 0.721 bits per heavy atom. The first-order chi connectivity index (χ1) is 20.2. The quantitative estimate of drug-likeness (QED) is 0.200. The van der Waals surface area contributed by atoms with E-state index >= 15 is 0 Å². The molecule has 6 aromatic rings. The molecule has 6 aromatic heterocycles. The molecule has 0 amide bonds. The molecule has 0 atom stereocenters. The second-order valence-corrected chi connectivity index (χ2v) is 10.7. The standard InChI is InChI=1S/2C18H17N3.Co/c2*1-12-4-6-19-15(8-12)17-10-14(3)11-18(21-17)16-9-13(2)5-7-20-16;/h2*4-11H,1-3H3;/q;;+2. The fourth-order valence-corrected chi connectivity index (χ4v) is 4.56. The molecule has 215 valence electrons. The summed E-state index contributed by atoms with van der Waals surface area (Å²) in [7, 11) is 0. The average molecular weight is 610 g/mol. The molecule has 6 heterocycles. The van der Waals surface area contributed by atoms with Gasteiger partial charge in [0.1, 0.15) is 0 Å². The summed E-state index contributed by atoms with van der Waals surface area (Å²) in [5, 5.41) is 0. The van der Waals surface area contributed by atoms with E-state index in [1.807, 2.05) is 49.1 Å². The van der Waals surface area contributed by atoms with Gasteiger partial charge in [-0.1, -0.05) is 0 Å². The van der Waals surface area contributed by atoms with Crippen molar-refractivity contribution in [1.82, 2.24) is 29.9 Å². The Morgan fingerprint density at radius 1 is 0.302 bits per heavy atom. The summed E-state index contributed by atoms with van der Waals surface area (Å²) in [6.45, 7) is 12.4. The summed E-state index contributed by atoms with van der Waals surface area (Å²) >= 11 is 0. The Bertz CT molecular complexity index is 1600. The van der Waals surface area contributed by atoms with Gasteiger partial charge in [0, 0.05) is 24.8 Å². The SMILES string of the molecule is Cc1ccnc(-c2cc(C)cc(-c3cc(C)ccn3)n2)c1.Cc1ccnc(-c2cc(C)cc(-c3cc(C)ccn3)n2)c1.[Co+2]. The molecule has 0 saturated heterocycles. The number of hydrogen-bond acceptors (Lipinski definition) is 6. The molecule has 0 unspecified atom stereocenters. The van der Waals surface area contributed by atoms with Crippen molar-refractivity contribution in [3.8, 4) is 45.6 Å². The van der Waals surface area contributed by atoms with Crippen LogP contribution in [0.5, 0.6) is 0 Å². The van der Waals surface area contributed by atoms with Crippen LogP contribution in [-0.4, -0.2) is 29.9 Å². The van der Waals surface area contributed by atoms with Crippen molar-refractivity contribution in [2.45, 2.75) is 41.5 Å². The summed E-state index contributed by atoms with van der Waals surface area (Å²) in [6, 6.07) is 24.4. The number of rotatable bonds is 4. The van der Waals surface area contributed by atoms with Crippen LogP contribution < -0.4 is 0 Å². The molecule has 0 aliphatic carbocycles. The molecule has 6 nitrogen and oxygen atoms in total. The van der Waals surface area contributed by atoms with Crippen molar-refractivity contribution >= 4 is 0 Å². The van der Waals surface area contributed by atoms with E-state index in [4.69, 9.17) is 9.97 Å². The summed E-state index contributed by atoms with van der Waals surface area (Å²) in [5.74, 6) is 0. The fourth-order valence-electron chi connectivity index (χ4n) is 4.56. The van der Waals surface area contributed by atoms with Gasteiger partial charge in [-0.15, -0.1) is 0 Å². The average Bonchev–Trinajstić information content (AvgIpc) is 2.97. The van der Waals surface area contributed by atoms with Crippen LogP contribution in [-0.2, 0) is 16.8 Å². The van der Waals surface area contributed by atoms with Gasteiger partial charge in [-0.05, 0) is 148 Å². The van der Waals surface area contributed by atoms with E-state index in [0.29, 0.717) is 0 Å².